The minimum atomic E-state index is -1.29. The molecule has 0 aliphatic heterocycles. The highest BCUT2D eigenvalue weighted by atomic mass is 16.7. The number of carbonyl (C=O) groups is 1. The van der Waals surface area contributed by atoms with E-state index in [-0.39, 0.29) is 12.7 Å². The molecule has 0 saturated heterocycles. The molecular weight excluding hydrogens is 296 g/mol. The topological polar surface area (TPSA) is 92.7 Å². The molecule has 0 aromatic heterocycles. The summed E-state index contributed by atoms with van der Waals surface area (Å²) < 4.78 is 30.6. The van der Waals surface area contributed by atoms with Gasteiger partial charge in [-0.15, -0.1) is 0 Å². The van der Waals surface area contributed by atoms with Crippen LogP contribution in [0, 0.1) is 0 Å². The first-order valence-electron chi connectivity index (χ1n) is 7.40. The maximum Gasteiger partial charge on any atom is 0.505 e. The van der Waals surface area contributed by atoms with Crippen molar-refractivity contribution in [3.63, 3.8) is 0 Å². The Morgan fingerprint density at radius 3 is 1.86 bits per heavy atom. The summed E-state index contributed by atoms with van der Waals surface area (Å²) >= 11 is 0. The molecule has 0 spiro atoms. The first kappa shape index (κ1) is 21.1. The fourth-order valence-corrected chi connectivity index (χ4v) is 1.41. The lowest BCUT2D eigenvalue weighted by molar-refractivity contribution is -0.0410. The molecule has 0 rings (SSSR count). The average molecular weight is 324 g/mol. The standard InChI is InChI=1S/C14H28O8/c1-3-13(12-22-14(15)16)21-11-10-20-9-8-19-7-6-18-5-4-17-2/h13H,3-12H2,1-2H3,(H,15,16). The third kappa shape index (κ3) is 15.5. The Bertz CT molecular complexity index is 249. The Kier molecular flexibility index (Phi) is 15.7. The largest absolute Gasteiger partial charge is 0.505 e. The van der Waals surface area contributed by atoms with Crippen LogP contribution in [0.15, 0.2) is 0 Å². The molecule has 0 aliphatic rings. The van der Waals surface area contributed by atoms with Crippen LogP contribution >= 0.6 is 0 Å². The minimum absolute atomic E-state index is 0.0397. The van der Waals surface area contributed by atoms with Crippen LogP contribution in [0.2, 0.25) is 0 Å². The second kappa shape index (κ2) is 16.4. The molecule has 8 heteroatoms. The fraction of sp³-hybridized carbons (Fsp3) is 0.929. The van der Waals surface area contributed by atoms with Gasteiger partial charge in [0.15, 0.2) is 0 Å². The molecule has 1 atom stereocenters. The highest BCUT2D eigenvalue weighted by Crippen LogP contribution is 1.99. The summed E-state index contributed by atoms with van der Waals surface area (Å²) in [5, 5.41) is 8.40. The molecule has 0 saturated carbocycles. The van der Waals surface area contributed by atoms with Gasteiger partial charge in [-0.05, 0) is 6.42 Å². The van der Waals surface area contributed by atoms with Crippen molar-refractivity contribution in [2.45, 2.75) is 19.4 Å². The van der Waals surface area contributed by atoms with E-state index >= 15 is 0 Å². The van der Waals surface area contributed by atoms with Crippen LogP contribution in [-0.4, -0.2) is 83.9 Å². The van der Waals surface area contributed by atoms with Crippen LogP contribution in [0.5, 0.6) is 0 Å². The zero-order valence-corrected chi connectivity index (χ0v) is 13.5. The normalized spacial score (nSPS) is 12.3. The molecule has 0 fully saturated rings. The molecule has 0 heterocycles. The number of rotatable bonds is 16. The molecule has 1 unspecified atom stereocenters. The van der Waals surface area contributed by atoms with E-state index in [9.17, 15) is 4.79 Å². The maximum absolute atomic E-state index is 10.3. The van der Waals surface area contributed by atoms with Crippen LogP contribution in [0.1, 0.15) is 13.3 Å². The van der Waals surface area contributed by atoms with Crippen molar-refractivity contribution in [3.05, 3.63) is 0 Å². The Labute approximate surface area is 131 Å². The summed E-state index contributed by atoms with van der Waals surface area (Å²) in [5.74, 6) is 0. The lowest BCUT2D eigenvalue weighted by Gasteiger charge is -2.15. The maximum atomic E-state index is 10.3. The SMILES string of the molecule is CCC(COC(=O)O)OCCOCCOCCOCCOC. The number of hydrogen-bond donors (Lipinski definition) is 1. The predicted octanol–water partition coefficient (Wildman–Crippen LogP) is 1.17. The van der Waals surface area contributed by atoms with Crippen molar-refractivity contribution in [1.29, 1.82) is 0 Å². The van der Waals surface area contributed by atoms with Gasteiger partial charge >= 0.3 is 6.16 Å². The van der Waals surface area contributed by atoms with E-state index in [1.165, 1.54) is 0 Å². The molecule has 0 radical (unpaired) electrons. The van der Waals surface area contributed by atoms with Crippen LogP contribution < -0.4 is 0 Å². The number of ether oxygens (including phenoxy) is 6. The van der Waals surface area contributed by atoms with Gasteiger partial charge in [-0.25, -0.2) is 4.79 Å². The highest BCUT2D eigenvalue weighted by molar-refractivity contribution is 5.56. The summed E-state index contributed by atoms with van der Waals surface area (Å²) in [6, 6.07) is 0. The first-order chi connectivity index (χ1) is 10.7. The highest BCUT2D eigenvalue weighted by Gasteiger charge is 2.09. The Morgan fingerprint density at radius 2 is 1.41 bits per heavy atom. The lowest BCUT2D eigenvalue weighted by Crippen LogP contribution is -2.23. The summed E-state index contributed by atoms with van der Waals surface area (Å²) in [7, 11) is 1.63. The van der Waals surface area contributed by atoms with Gasteiger partial charge in [0.2, 0.25) is 0 Å². The molecule has 0 bridgehead atoms. The van der Waals surface area contributed by atoms with Gasteiger partial charge in [0.1, 0.15) is 6.61 Å². The van der Waals surface area contributed by atoms with E-state index in [1.54, 1.807) is 7.11 Å². The molecule has 22 heavy (non-hydrogen) atoms. The average Bonchev–Trinajstić information content (AvgIpc) is 2.51. The molecule has 0 aromatic carbocycles. The van der Waals surface area contributed by atoms with Crippen molar-refractivity contribution < 1.29 is 38.3 Å². The predicted molar refractivity (Wildman–Crippen MR) is 78.3 cm³/mol. The van der Waals surface area contributed by atoms with E-state index in [0.717, 1.165) is 0 Å². The summed E-state index contributed by atoms with van der Waals surface area (Å²) in [5.41, 5.74) is 0. The first-order valence-corrected chi connectivity index (χ1v) is 7.40. The number of hydrogen-bond acceptors (Lipinski definition) is 7. The van der Waals surface area contributed by atoms with Gasteiger partial charge in [0.25, 0.3) is 0 Å². The Balaban J connectivity index is 3.23. The molecule has 0 amide bonds. The second-order valence-corrected chi connectivity index (χ2v) is 4.31. The molecular formula is C14H28O8. The van der Waals surface area contributed by atoms with Crippen molar-refractivity contribution in [2.24, 2.45) is 0 Å². The van der Waals surface area contributed by atoms with E-state index < -0.39 is 6.16 Å². The van der Waals surface area contributed by atoms with Gasteiger partial charge in [0.05, 0.1) is 59.0 Å². The number of methoxy groups -OCH3 is 1. The third-order valence-corrected chi connectivity index (χ3v) is 2.61. The van der Waals surface area contributed by atoms with E-state index in [1.807, 2.05) is 6.92 Å². The van der Waals surface area contributed by atoms with Gasteiger partial charge in [-0.1, -0.05) is 6.92 Å². The molecule has 132 valence electrons. The number of carboxylic acid groups (broad SMARTS) is 1. The summed E-state index contributed by atoms with van der Waals surface area (Å²) in [4.78, 5) is 10.3. The van der Waals surface area contributed by atoms with Crippen LogP contribution in [0.3, 0.4) is 0 Å². The fourth-order valence-electron chi connectivity index (χ4n) is 1.41. The molecule has 8 nitrogen and oxygen atoms in total. The van der Waals surface area contributed by atoms with Crippen LogP contribution in [0.4, 0.5) is 4.79 Å². The van der Waals surface area contributed by atoms with Gasteiger partial charge in [-0.2, -0.15) is 0 Å². The minimum Gasteiger partial charge on any atom is -0.450 e. The lowest BCUT2D eigenvalue weighted by atomic mass is 10.3. The smallest absolute Gasteiger partial charge is 0.450 e. The molecule has 0 aliphatic carbocycles. The monoisotopic (exact) mass is 324 g/mol. The van der Waals surface area contributed by atoms with Crippen molar-refractivity contribution in [2.75, 3.05) is 66.6 Å². The van der Waals surface area contributed by atoms with Crippen molar-refractivity contribution in [1.82, 2.24) is 0 Å². The Morgan fingerprint density at radius 1 is 0.909 bits per heavy atom. The summed E-state index contributed by atoms with van der Waals surface area (Å²) in [6.45, 7) is 5.94. The quantitative estimate of drug-likeness (QED) is 0.334. The van der Waals surface area contributed by atoms with Crippen molar-refractivity contribution >= 4 is 6.16 Å². The summed E-state index contributed by atoms with van der Waals surface area (Å²) in [6.07, 6.45) is -0.846. The van der Waals surface area contributed by atoms with Crippen LogP contribution in [-0.2, 0) is 28.4 Å². The van der Waals surface area contributed by atoms with E-state index in [2.05, 4.69) is 4.74 Å². The van der Waals surface area contributed by atoms with E-state index in [0.29, 0.717) is 59.3 Å². The second-order valence-electron chi connectivity index (χ2n) is 4.31. The zero-order valence-electron chi connectivity index (χ0n) is 13.5. The van der Waals surface area contributed by atoms with Gasteiger partial charge in [0, 0.05) is 7.11 Å². The Hall–Kier alpha value is -0.930. The van der Waals surface area contributed by atoms with E-state index in [4.69, 9.17) is 28.8 Å². The molecule has 0 aromatic rings. The third-order valence-electron chi connectivity index (χ3n) is 2.61. The van der Waals surface area contributed by atoms with Gasteiger partial charge < -0.3 is 33.5 Å². The van der Waals surface area contributed by atoms with Crippen molar-refractivity contribution in [3.8, 4) is 0 Å². The van der Waals surface area contributed by atoms with Gasteiger partial charge in [-0.3, -0.25) is 0 Å². The van der Waals surface area contributed by atoms with Crippen LogP contribution in [0.25, 0.3) is 0 Å². The molecule has 1 N–H and O–H groups in total. The zero-order chi connectivity index (χ0) is 16.5.